The van der Waals surface area contributed by atoms with Crippen LogP contribution in [-0.2, 0) is 16.1 Å². The maximum Gasteiger partial charge on any atom is 0.313 e. The fraction of sp³-hybridized carbons (Fsp3) is 0.364. The topological polar surface area (TPSA) is 78.9 Å². The Morgan fingerprint density at radius 2 is 1.80 bits per heavy atom. The second-order valence-corrected chi connectivity index (χ2v) is 9.33. The first kappa shape index (κ1) is 22.8. The van der Waals surface area contributed by atoms with Crippen molar-refractivity contribution in [3.8, 4) is 0 Å². The van der Waals surface area contributed by atoms with Gasteiger partial charge in [0.05, 0.1) is 18.0 Å². The van der Waals surface area contributed by atoms with Crippen molar-refractivity contribution in [3.05, 3.63) is 66.2 Å². The van der Waals surface area contributed by atoms with Gasteiger partial charge < -0.3 is 10.4 Å². The van der Waals surface area contributed by atoms with Crippen LogP contribution in [0.2, 0.25) is 0 Å². The molecule has 1 heterocycles. The van der Waals surface area contributed by atoms with Crippen molar-refractivity contribution in [1.82, 2.24) is 10.4 Å². The van der Waals surface area contributed by atoms with Crippen molar-refractivity contribution in [2.24, 2.45) is 0 Å². The highest BCUT2D eigenvalue weighted by Crippen LogP contribution is 2.29. The fourth-order valence-electron chi connectivity index (χ4n) is 2.86. The molecule has 0 aliphatic carbocycles. The number of aliphatic hydroxyl groups is 1. The van der Waals surface area contributed by atoms with Gasteiger partial charge in [0.25, 0.3) is 5.91 Å². The molecule has 30 heavy (non-hydrogen) atoms. The van der Waals surface area contributed by atoms with Crippen molar-refractivity contribution < 1.29 is 19.5 Å². The lowest BCUT2D eigenvalue weighted by Crippen LogP contribution is -2.41. The molecule has 0 bridgehead atoms. The number of imide groups is 1. The minimum atomic E-state index is -0.515. The summed E-state index contributed by atoms with van der Waals surface area (Å²) in [5.74, 6) is 0.256. The van der Waals surface area contributed by atoms with Crippen LogP contribution < -0.4 is 5.32 Å². The first-order valence-corrected chi connectivity index (χ1v) is 11.7. The van der Waals surface area contributed by atoms with E-state index in [9.17, 15) is 14.7 Å². The molecule has 1 saturated heterocycles. The Morgan fingerprint density at radius 1 is 1.13 bits per heavy atom. The average molecular weight is 447 g/mol. The summed E-state index contributed by atoms with van der Waals surface area (Å²) in [6.07, 6.45) is -0.0202. The van der Waals surface area contributed by atoms with Gasteiger partial charge in [0.2, 0.25) is 0 Å². The van der Waals surface area contributed by atoms with Gasteiger partial charge in [-0.15, -0.1) is 16.8 Å². The molecule has 2 aromatic carbocycles. The van der Waals surface area contributed by atoms with Gasteiger partial charge in [-0.05, 0) is 42.8 Å². The number of amides is 2. The maximum atomic E-state index is 12.5. The van der Waals surface area contributed by atoms with Crippen LogP contribution in [-0.4, -0.2) is 57.6 Å². The molecule has 2 aromatic rings. The molecule has 6 nitrogen and oxygen atoms in total. The van der Waals surface area contributed by atoms with Crippen LogP contribution in [0.3, 0.4) is 0 Å². The molecule has 0 radical (unpaired) electrons. The van der Waals surface area contributed by atoms with E-state index in [2.05, 4.69) is 5.32 Å². The van der Waals surface area contributed by atoms with Crippen molar-refractivity contribution in [2.45, 2.75) is 35.6 Å². The highest BCUT2D eigenvalue weighted by molar-refractivity contribution is 8.15. The summed E-state index contributed by atoms with van der Waals surface area (Å²) in [6.45, 7) is 2.45. The molecule has 3 unspecified atom stereocenters. The van der Waals surface area contributed by atoms with E-state index in [-0.39, 0.29) is 23.8 Å². The molecule has 3 atom stereocenters. The van der Waals surface area contributed by atoms with Gasteiger partial charge in [0.1, 0.15) is 0 Å². The first-order valence-electron chi connectivity index (χ1n) is 9.83. The third-order valence-corrected chi connectivity index (χ3v) is 6.67. The molecule has 160 valence electrons. The van der Waals surface area contributed by atoms with Crippen molar-refractivity contribution >= 4 is 34.7 Å². The largest absolute Gasteiger partial charge is 0.391 e. The summed E-state index contributed by atoms with van der Waals surface area (Å²) in [7, 11) is 0. The number of rotatable bonds is 11. The number of hydrogen-bond donors (Lipinski definition) is 2. The second-order valence-electron chi connectivity index (χ2n) is 7.08. The molecule has 1 aliphatic rings. The molecule has 3 rings (SSSR count). The molecule has 0 saturated carbocycles. The number of thioether (sulfide) groups is 2. The summed E-state index contributed by atoms with van der Waals surface area (Å²) < 4.78 is 0. The van der Waals surface area contributed by atoms with Gasteiger partial charge in [0, 0.05) is 23.2 Å². The molecule has 2 N–H and O–H groups in total. The van der Waals surface area contributed by atoms with Crippen molar-refractivity contribution in [3.63, 3.8) is 0 Å². The van der Waals surface area contributed by atoms with Gasteiger partial charge >= 0.3 is 5.24 Å². The van der Waals surface area contributed by atoms with E-state index < -0.39 is 11.4 Å². The predicted octanol–water partition coefficient (Wildman–Crippen LogP) is 3.36. The molecule has 2 amide bonds. The summed E-state index contributed by atoms with van der Waals surface area (Å²) in [5, 5.41) is 13.4. The standard InChI is InChI=1S/C22H26N2O4S2/c1-16(23-13-18(25)15-29-19-10-6-3-7-11-19)14-28-24-21(26)20(30-22(24)27)12-17-8-4-2-5-9-17/h2-11,16,18,20,23,25H,12-15H2,1H3. The number of hydroxylamine groups is 2. The highest BCUT2D eigenvalue weighted by Gasteiger charge is 2.41. The molecule has 1 aliphatic heterocycles. The maximum absolute atomic E-state index is 12.5. The van der Waals surface area contributed by atoms with Crippen LogP contribution in [0.25, 0.3) is 0 Å². The number of nitrogens with one attached hydrogen (secondary N) is 1. The van der Waals surface area contributed by atoms with Crippen LogP contribution in [0.4, 0.5) is 4.79 Å². The van der Waals surface area contributed by atoms with Crippen LogP contribution in [0.1, 0.15) is 12.5 Å². The lowest BCUT2D eigenvalue weighted by Gasteiger charge is -2.19. The minimum Gasteiger partial charge on any atom is -0.391 e. The molecular formula is C22H26N2O4S2. The van der Waals surface area contributed by atoms with E-state index in [0.29, 0.717) is 18.7 Å². The number of carbonyl (C=O) groups is 2. The second kappa shape index (κ2) is 11.5. The summed E-state index contributed by atoms with van der Waals surface area (Å²) in [5.41, 5.74) is 1.01. The number of benzene rings is 2. The van der Waals surface area contributed by atoms with E-state index in [1.165, 1.54) is 0 Å². The molecule has 1 fully saturated rings. The van der Waals surface area contributed by atoms with E-state index in [1.54, 1.807) is 11.8 Å². The van der Waals surface area contributed by atoms with Crippen LogP contribution in [0, 0.1) is 0 Å². The first-order chi connectivity index (χ1) is 14.5. The van der Waals surface area contributed by atoms with E-state index in [0.717, 1.165) is 27.3 Å². The van der Waals surface area contributed by atoms with Gasteiger partial charge in [-0.25, -0.2) is 0 Å². The fourth-order valence-corrected chi connectivity index (χ4v) is 4.67. The summed E-state index contributed by atoms with van der Waals surface area (Å²) in [4.78, 5) is 31.3. The van der Waals surface area contributed by atoms with Gasteiger partial charge in [0.15, 0.2) is 0 Å². The SMILES string of the molecule is CC(CON1C(=O)SC(Cc2ccccc2)C1=O)NCC(O)CSc1ccccc1. The molecule has 0 aromatic heterocycles. The monoisotopic (exact) mass is 446 g/mol. The van der Waals surface area contributed by atoms with Crippen LogP contribution >= 0.6 is 23.5 Å². The minimum absolute atomic E-state index is 0.125. The van der Waals surface area contributed by atoms with Crippen LogP contribution in [0.5, 0.6) is 0 Å². The third-order valence-electron chi connectivity index (χ3n) is 4.49. The third kappa shape index (κ3) is 6.85. The molecule has 0 spiro atoms. The predicted molar refractivity (Wildman–Crippen MR) is 120 cm³/mol. The lowest BCUT2D eigenvalue weighted by molar-refractivity contribution is -0.165. The number of aliphatic hydroxyl groups excluding tert-OH is 1. The van der Waals surface area contributed by atoms with E-state index in [4.69, 9.17) is 4.84 Å². The smallest absolute Gasteiger partial charge is 0.313 e. The highest BCUT2D eigenvalue weighted by atomic mass is 32.2. The number of hydrogen-bond acceptors (Lipinski definition) is 7. The van der Waals surface area contributed by atoms with Crippen molar-refractivity contribution in [1.29, 1.82) is 0 Å². The number of nitrogens with zero attached hydrogens (tertiary/aromatic N) is 1. The van der Waals surface area contributed by atoms with Crippen molar-refractivity contribution in [2.75, 3.05) is 18.9 Å². The summed E-state index contributed by atoms with van der Waals surface area (Å²) >= 11 is 2.59. The number of carbonyl (C=O) groups excluding carboxylic acids is 2. The zero-order valence-corrected chi connectivity index (χ0v) is 18.4. The zero-order chi connectivity index (χ0) is 21.3. The summed E-state index contributed by atoms with van der Waals surface area (Å²) in [6, 6.07) is 19.4. The van der Waals surface area contributed by atoms with Gasteiger partial charge in [-0.1, -0.05) is 48.5 Å². The Morgan fingerprint density at radius 3 is 2.50 bits per heavy atom. The Hall–Kier alpha value is -1.84. The van der Waals surface area contributed by atoms with Gasteiger partial charge in [-0.2, -0.15) is 0 Å². The average Bonchev–Trinajstić information content (AvgIpc) is 3.03. The molecular weight excluding hydrogens is 420 g/mol. The Kier molecular flexibility index (Phi) is 8.77. The van der Waals surface area contributed by atoms with Crippen LogP contribution in [0.15, 0.2) is 65.6 Å². The quantitative estimate of drug-likeness (QED) is 0.513. The Balaban J connectivity index is 1.37. The zero-order valence-electron chi connectivity index (χ0n) is 16.8. The van der Waals surface area contributed by atoms with Gasteiger partial charge in [-0.3, -0.25) is 14.4 Å². The van der Waals surface area contributed by atoms with E-state index in [1.807, 2.05) is 67.6 Å². The Bertz CT molecular complexity index is 822. The Labute approximate surface area is 185 Å². The van der Waals surface area contributed by atoms with E-state index >= 15 is 0 Å². The molecule has 8 heteroatoms. The normalized spacial score (nSPS) is 18.6. The lowest BCUT2D eigenvalue weighted by atomic mass is 10.1.